The zero-order chi connectivity index (χ0) is 23.4. The summed E-state index contributed by atoms with van der Waals surface area (Å²) in [5, 5.41) is 12.4. The molecule has 2 aliphatic carbocycles. The quantitative estimate of drug-likeness (QED) is 0.622. The molecule has 0 unspecified atom stereocenters. The Hall–Kier alpha value is -3.44. The number of nitrogens with one attached hydrogen (secondary N) is 1. The lowest BCUT2D eigenvalue weighted by molar-refractivity contribution is -0.128. The highest BCUT2D eigenvalue weighted by atomic mass is 19.1. The Labute approximate surface area is 190 Å². The van der Waals surface area contributed by atoms with Crippen LogP contribution in [0, 0.1) is 22.6 Å². The average molecular weight is 448 g/mol. The molecule has 1 heterocycles. The van der Waals surface area contributed by atoms with Gasteiger partial charge in [-0.2, -0.15) is 5.26 Å². The van der Waals surface area contributed by atoms with E-state index in [9.17, 15) is 19.2 Å². The second-order valence-electron chi connectivity index (χ2n) is 9.38. The van der Waals surface area contributed by atoms with Crippen LogP contribution in [0.1, 0.15) is 37.7 Å². The van der Waals surface area contributed by atoms with Gasteiger partial charge in [0.2, 0.25) is 5.91 Å². The van der Waals surface area contributed by atoms with Gasteiger partial charge in [-0.05, 0) is 66.0 Å². The summed E-state index contributed by atoms with van der Waals surface area (Å²) < 4.78 is 21.5. The number of aryl methyl sites for hydroxylation is 1. The average Bonchev–Trinajstić information content (AvgIpc) is 3.45. The fourth-order valence-electron chi connectivity index (χ4n) is 5.23. The molecule has 0 radical (unpaired) electrons. The van der Waals surface area contributed by atoms with Gasteiger partial charge in [0.1, 0.15) is 17.4 Å². The predicted molar refractivity (Wildman–Crippen MR) is 121 cm³/mol. The van der Waals surface area contributed by atoms with Gasteiger partial charge in [-0.1, -0.05) is 24.6 Å². The third kappa shape index (κ3) is 3.44. The van der Waals surface area contributed by atoms with E-state index in [4.69, 9.17) is 10.2 Å². The summed E-state index contributed by atoms with van der Waals surface area (Å²) in [6, 6.07) is 11.2. The van der Waals surface area contributed by atoms with Crippen LogP contribution < -0.4 is 16.8 Å². The number of amides is 1. The number of benzene rings is 2. The monoisotopic (exact) mass is 448 g/mol. The molecule has 2 atom stereocenters. The number of halogens is 1. The first-order valence-electron chi connectivity index (χ1n) is 11.1. The van der Waals surface area contributed by atoms with Gasteiger partial charge in [0, 0.05) is 13.5 Å². The minimum absolute atomic E-state index is 0.0483. The van der Waals surface area contributed by atoms with Gasteiger partial charge in [0.05, 0.1) is 11.6 Å². The molecule has 1 spiro atoms. The highest BCUT2D eigenvalue weighted by Crippen LogP contribution is 2.62. The highest BCUT2D eigenvalue weighted by molar-refractivity contribution is 5.88. The van der Waals surface area contributed by atoms with E-state index in [1.54, 1.807) is 37.4 Å². The van der Waals surface area contributed by atoms with E-state index in [0.717, 1.165) is 31.2 Å². The molecule has 0 saturated heterocycles. The number of rotatable bonds is 5. The van der Waals surface area contributed by atoms with Gasteiger partial charge in [0.25, 0.3) is 0 Å². The molecule has 1 amide bonds. The van der Waals surface area contributed by atoms with Crippen molar-refractivity contribution in [2.24, 2.45) is 18.2 Å². The van der Waals surface area contributed by atoms with Crippen molar-refractivity contribution in [3.8, 4) is 17.2 Å². The molecule has 3 aromatic rings. The maximum atomic E-state index is 15.0. The molecule has 2 fully saturated rings. The molecule has 1 aromatic heterocycles. The number of carbonyl (C=O) groups excluding carboxylic acids is 1. The smallest absolute Gasteiger partial charge is 0.408 e. The van der Waals surface area contributed by atoms with Gasteiger partial charge < -0.3 is 15.5 Å². The van der Waals surface area contributed by atoms with Gasteiger partial charge in [-0.3, -0.25) is 9.36 Å². The number of hydrogen-bond acceptors (Lipinski definition) is 5. The van der Waals surface area contributed by atoms with E-state index in [2.05, 4.69) is 11.4 Å². The minimum atomic E-state index is -0.934. The van der Waals surface area contributed by atoms with Gasteiger partial charge in [-0.15, -0.1) is 0 Å². The number of fused-ring (bicyclic) bond motifs is 1. The van der Waals surface area contributed by atoms with Crippen molar-refractivity contribution in [3.05, 3.63) is 58.3 Å². The fraction of sp³-hybridized carbons (Fsp3) is 0.400. The summed E-state index contributed by atoms with van der Waals surface area (Å²) in [4.78, 5) is 24.6. The summed E-state index contributed by atoms with van der Waals surface area (Å²) in [7, 11) is 1.61. The van der Waals surface area contributed by atoms with Crippen LogP contribution in [0.5, 0.6) is 0 Å². The van der Waals surface area contributed by atoms with Gasteiger partial charge >= 0.3 is 5.76 Å². The molecule has 0 bridgehead atoms. The van der Waals surface area contributed by atoms with Crippen LogP contribution in [-0.2, 0) is 18.3 Å². The first-order chi connectivity index (χ1) is 15.8. The number of nitriles is 1. The van der Waals surface area contributed by atoms with Crippen LogP contribution in [0.4, 0.5) is 4.39 Å². The second-order valence-corrected chi connectivity index (χ2v) is 9.38. The van der Waals surface area contributed by atoms with Gasteiger partial charge in [-0.25, -0.2) is 9.18 Å². The van der Waals surface area contributed by atoms with Crippen molar-refractivity contribution in [1.29, 1.82) is 5.26 Å². The van der Waals surface area contributed by atoms with E-state index in [-0.39, 0.29) is 17.7 Å². The van der Waals surface area contributed by atoms with Crippen LogP contribution in [0.25, 0.3) is 22.2 Å². The number of nitrogens with two attached hydrogens (primary N) is 1. The van der Waals surface area contributed by atoms with E-state index in [1.807, 2.05) is 0 Å². The third-order valence-electron chi connectivity index (χ3n) is 7.49. The molecule has 2 aromatic carbocycles. The molecule has 7 nitrogen and oxygen atoms in total. The summed E-state index contributed by atoms with van der Waals surface area (Å²) in [6.45, 7) is 0. The lowest BCUT2D eigenvalue weighted by Crippen LogP contribution is -2.59. The SMILES string of the molecule is Cn1c(=O)oc2ccc(-c3ccc(C[C@@H](C#N)NC(=O)[C@@]4(N)CCCC45CC5)c(F)c3)cc21. The van der Waals surface area contributed by atoms with E-state index in [0.29, 0.717) is 28.6 Å². The Morgan fingerprint density at radius 2 is 1.97 bits per heavy atom. The van der Waals surface area contributed by atoms with Crippen molar-refractivity contribution >= 4 is 17.0 Å². The molecule has 170 valence electrons. The first kappa shape index (κ1) is 21.4. The van der Waals surface area contributed by atoms with Crippen LogP contribution >= 0.6 is 0 Å². The van der Waals surface area contributed by atoms with Crippen molar-refractivity contribution < 1.29 is 13.6 Å². The normalized spacial score (nSPS) is 21.8. The molecule has 2 aliphatic rings. The van der Waals surface area contributed by atoms with E-state index in [1.165, 1.54) is 10.6 Å². The standard InChI is InChI=1S/C25H25FN4O3/c1-30-20-13-16(5-6-21(20)33-23(30)32)15-3-4-17(19(26)12-15)11-18(14-27)29-22(31)25(28)8-2-7-24(25)9-10-24/h3-6,12-13,18H,2,7-11,28H2,1H3,(H,29,31)/t18-,25-/m0/s1. The number of aromatic nitrogens is 1. The molecule has 8 heteroatoms. The maximum Gasteiger partial charge on any atom is 0.419 e. The third-order valence-corrected chi connectivity index (χ3v) is 7.49. The molecule has 2 saturated carbocycles. The zero-order valence-electron chi connectivity index (χ0n) is 18.4. The lowest BCUT2D eigenvalue weighted by atomic mass is 9.83. The van der Waals surface area contributed by atoms with E-state index < -0.39 is 23.2 Å². The predicted octanol–water partition coefficient (Wildman–Crippen LogP) is 3.15. The van der Waals surface area contributed by atoms with Crippen molar-refractivity contribution in [2.75, 3.05) is 0 Å². The summed E-state index contributed by atoms with van der Waals surface area (Å²) >= 11 is 0. The lowest BCUT2D eigenvalue weighted by Gasteiger charge is -2.31. The molecular formula is C25H25FN4O3. The topological polar surface area (TPSA) is 114 Å². The van der Waals surface area contributed by atoms with E-state index >= 15 is 0 Å². The molecule has 3 N–H and O–H groups in total. The van der Waals surface area contributed by atoms with Crippen molar-refractivity contribution in [1.82, 2.24) is 9.88 Å². The number of hydrogen-bond donors (Lipinski definition) is 2. The summed E-state index contributed by atoms with van der Waals surface area (Å²) in [6.07, 6.45) is 4.42. The first-order valence-corrected chi connectivity index (χ1v) is 11.1. The molecule has 5 rings (SSSR count). The summed E-state index contributed by atoms with van der Waals surface area (Å²) in [5.74, 6) is -1.23. The van der Waals surface area contributed by atoms with Crippen molar-refractivity contribution in [3.63, 3.8) is 0 Å². The Morgan fingerprint density at radius 1 is 1.24 bits per heavy atom. The van der Waals surface area contributed by atoms with Crippen LogP contribution in [0.2, 0.25) is 0 Å². The van der Waals surface area contributed by atoms with Crippen LogP contribution in [-0.4, -0.2) is 22.1 Å². The van der Waals surface area contributed by atoms with Crippen LogP contribution in [0.15, 0.2) is 45.6 Å². The maximum absolute atomic E-state index is 15.0. The van der Waals surface area contributed by atoms with Crippen LogP contribution in [0.3, 0.4) is 0 Å². The Morgan fingerprint density at radius 3 is 2.67 bits per heavy atom. The Bertz CT molecular complexity index is 1360. The number of carbonyl (C=O) groups is 1. The number of oxazole rings is 1. The van der Waals surface area contributed by atoms with Gasteiger partial charge in [0.15, 0.2) is 5.58 Å². The highest BCUT2D eigenvalue weighted by Gasteiger charge is 2.63. The Balaban J connectivity index is 1.34. The molecule has 33 heavy (non-hydrogen) atoms. The Kier molecular flexibility index (Phi) is 4.91. The number of nitrogens with zero attached hydrogens (tertiary/aromatic N) is 2. The zero-order valence-corrected chi connectivity index (χ0v) is 18.4. The van der Waals surface area contributed by atoms with Crippen molar-refractivity contribution in [2.45, 2.75) is 50.1 Å². The summed E-state index contributed by atoms with van der Waals surface area (Å²) in [5.41, 5.74) is 8.20. The second kappa shape index (κ2) is 7.56. The minimum Gasteiger partial charge on any atom is -0.408 e. The fourth-order valence-corrected chi connectivity index (χ4v) is 5.23. The molecule has 0 aliphatic heterocycles. The largest absolute Gasteiger partial charge is 0.419 e. The molecular weight excluding hydrogens is 423 g/mol.